The van der Waals surface area contributed by atoms with Crippen molar-refractivity contribution in [3.8, 4) is 0 Å². The number of piperazine rings is 1. The molecule has 114 valence electrons. The number of nitrogens with zero attached hydrogens (tertiary/aromatic N) is 1. The normalized spacial score (nSPS) is 24.4. The molecule has 4 heteroatoms. The van der Waals surface area contributed by atoms with Gasteiger partial charge in [0.1, 0.15) is 0 Å². The monoisotopic (exact) mass is 358 g/mol. The van der Waals surface area contributed by atoms with Crippen molar-refractivity contribution in [3.63, 3.8) is 0 Å². The second-order valence-corrected chi connectivity index (χ2v) is 8.15. The third kappa shape index (κ3) is 4.55. The summed E-state index contributed by atoms with van der Waals surface area (Å²) in [6.45, 7) is 10.4. The van der Waals surface area contributed by atoms with Gasteiger partial charge in [-0.25, -0.2) is 0 Å². The molecule has 1 aromatic rings. The maximum Gasteiger partial charge on any atom is 0.0343 e. The van der Waals surface area contributed by atoms with Crippen molar-refractivity contribution >= 4 is 27.3 Å². The quantitative estimate of drug-likeness (QED) is 0.805. The molecule has 0 amide bonds. The van der Waals surface area contributed by atoms with E-state index < -0.39 is 0 Å². The summed E-state index contributed by atoms with van der Waals surface area (Å²) < 4.78 is 1.27. The van der Waals surface area contributed by atoms with Gasteiger partial charge in [0.15, 0.2) is 0 Å². The van der Waals surface area contributed by atoms with Gasteiger partial charge >= 0.3 is 0 Å². The molecule has 1 N–H and O–H groups in total. The lowest BCUT2D eigenvalue weighted by molar-refractivity contribution is 0.108. The van der Waals surface area contributed by atoms with E-state index in [9.17, 15) is 0 Å². The van der Waals surface area contributed by atoms with Crippen molar-refractivity contribution in [2.45, 2.75) is 58.7 Å². The lowest BCUT2D eigenvalue weighted by Crippen LogP contribution is -2.56. The molecule has 0 saturated carbocycles. The molecule has 2 heterocycles. The van der Waals surface area contributed by atoms with E-state index in [-0.39, 0.29) is 0 Å². The average Bonchev–Trinajstić information content (AvgIpc) is 2.78. The number of nitrogens with one attached hydrogen (secondary N) is 1. The van der Waals surface area contributed by atoms with E-state index in [0.717, 1.165) is 19.0 Å². The van der Waals surface area contributed by atoms with Crippen LogP contribution in [0.25, 0.3) is 0 Å². The van der Waals surface area contributed by atoms with E-state index in [2.05, 4.69) is 58.4 Å². The zero-order valence-electron chi connectivity index (χ0n) is 12.9. The van der Waals surface area contributed by atoms with Crippen molar-refractivity contribution in [3.05, 3.63) is 20.8 Å². The Bertz CT molecular complexity index is 405. The molecular formula is C16H27BrN2S. The summed E-state index contributed by atoms with van der Waals surface area (Å²) in [6, 6.07) is 3.52. The molecule has 1 aliphatic rings. The van der Waals surface area contributed by atoms with Gasteiger partial charge in [0.2, 0.25) is 0 Å². The first-order valence-electron chi connectivity index (χ1n) is 7.79. The van der Waals surface area contributed by atoms with Crippen LogP contribution in [-0.2, 0) is 6.54 Å². The summed E-state index contributed by atoms with van der Waals surface area (Å²) in [5.41, 5.74) is 0. The number of thiophene rings is 1. The van der Waals surface area contributed by atoms with Crippen molar-refractivity contribution in [1.29, 1.82) is 0 Å². The molecule has 20 heavy (non-hydrogen) atoms. The Hall–Kier alpha value is 0.100. The summed E-state index contributed by atoms with van der Waals surface area (Å²) in [6.07, 6.45) is 3.84. The van der Waals surface area contributed by atoms with Crippen LogP contribution in [0.3, 0.4) is 0 Å². The summed E-state index contributed by atoms with van der Waals surface area (Å²) in [4.78, 5) is 4.17. The number of hydrogen-bond donors (Lipinski definition) is 1. The second kappa shape index (κ2) is 7.92. The molecule has 1 saturated heterocycles. The predicted molar refractivity (Wildman–Crippen MR) is 92.4 cm³/mol. The van der Waals surface area contributed by atoms with Crippen LogP contribution in [-0.4, -0.2) is 30.1 Å². The smallest absolute Gasteiger partial charge is 0.0343 e. The van der Waals surface area contributed by atoms with Gasteiger partial charge in [0.05, 0.1) is 0 Å². The van der Waals surface area contributed by atoms with Crippen LogP contribution in [0, 0.1) is 5.92 Å². The van der Waals surface area contributed by atoms with Crippen molar-refractivity contribution in [1.82, 2.24) is 10.2 Å². The standard InChI is InChI=1S/C16H27BrN2S/c1-4-5-14-9-18-13(8-12(2)3)10-19(14)11-16-15(17)6-7-20-16/h6-7,12-14,18H,4-5,8-11H2,1-3H3. The second-order valence-electron chi connectivity index (χ2n) is 6.30. The predicted octanol–water partition coefficient (Wildman–Crippen LogP) is 4.50. The van der Waals surface area contributed by atoms with Crippen LogP contribution in [0.4, 0.5) is 0 Å². The van der Waals surface area contributed by atoms with Gasteiger partial charge in [-0.1, -0.05) is 27.2 Å². The summed E-state index contributed by atoms with van der Waals surface area (Å²) in [7, 11) is 0. The first-order valence-corrected chi connectivity index (χ1v) is 9.46. The van der Waals surface area contributed by atoms with E-state index in [0.29, 0.717) is 12.1 Å². The minimum absolute atomic E-state index is 0.654. The fourth-order valence-electron chi connectivity index (χ4n) is 3.09. The third-order valence-corrected chi connectivity index (χ3v) is 5.94. The molecule has 2 nitrogen and oxygen atoms in total. The molecule has 2 unspecified atom stereocenters. The minimum atomic E-state index is 0.654. The highest BCUT2D eigenvalue weighted by Gasteiger charge is 2.28. The average molecular weight is 359 g/mol. The van der Waals surface area contributed by atoms with Gasteiger partial charge in [0, 0.05) is 41.1 Å². The summed E-state index contributed by atoms with van der Waals surface area (Å²) in [5, 5.41) is 5.94. The van der Waals surface area contributed by atoms with Crippen LogP contribution >= 0.6 is 27.3 Å². The Morgan fingerprint density at radius 3 is 2.90 bits per heavy atom. The Labute approximate surface area is 136 Å². The fourth-order valence-corrected chi connectivity index (χ4v) is 4.59. The zero-order chi connectivity index (χ0) is 14.5. The Morgan fingerprint density at radius 2 is 2.30 bits per heavy atom. The van der Waals surface area contributed by atoms with Gasteiger partial charge in [-0.15, -0.1) is 11.3 Å². The third-order valence-electron chi connectivity index (χ3n) is 4.03. The van der Waals surface area contributed by atoms with Crippen molar-refractivity contribution in [2.75, 3.05) is 13.1 Å². The maximum absolute atomic E-state index is 3.76. The van der Waals surface area contributed by atoms with E-state index in [1.807, 2.05) is 11.3 Å². The van der Waals surface area contributed by atoms with Crippen LogP contribution in [0.2, 0.25) is 0 Å². The topological polar surface area (TPSA) is 15.3 Å². The molecule has 0 spiro atoms. The summed E-state index contributed by atoms with van der Waals surface area (Å²) >= 11 is 5.55. The lowest BCUT2D eigenvalue weighted by Gasteiger charge is -2.41. The van der Waals surface area contributed by atoms with Gasteiger partial charge in [-0.3, -0.25) is 4.90 Å². The van der Waals surface area contributed by atoms with Crippen LogP contribution < -0.4 is 5.32 Å². The fraction of sp³-hybridized carbons (Fsp3) is 0.750. The van der Waals surface area contributed by atoms with E-state index in [4.69, 9.17) is 0 Å². The molecule has 1 fully saturated rings. The first kappa shape index (κ1) is 16.5. The zero-order valence-corrected chi connectivity index (χ0v) is 15.3. The first-order chi connectivity index (χ1) is 9.60. The molecular weight excluding hydrogens is 332 g/mol. The molecule has 0 aromatic carbocycles. The highest BCUT2D eigenvalue weighted by molar-refractivity contribution is 9.10. The molecule has 2 atom stereocenters. The van der Waals surface area contributed by atoms with Gasteiger partial charge < -0.3 is 5.32 Å². The number of hydrogen-bond acceptors (Lipinski definition) is 3. The molecule has 0 bridgehead atoms. The van der Waals surface area contributed by atoms with Crippen LogP contribution in [0.1, 0.15) is 44.9 Å². The Balaban J connectivity index is 2.00. The molecule has 1 aliphatic heterocycles. The molecule has 0 radical (unpaired) electrons. The largest absolute Gasteiger partial charge is 0.311 e. The van der Waals surface area contributed by atoms with E-state index >= 15 is 0 Å². The van der Waals surface area contributed by atoms with Crippen molar-refractivity contribution < 1.29 is 0 Å². The molecule has 2 rings (SSSR count). The van der Waals surface area contributed by atoms with Crippen LogP contribution in [0.15, 0.2) is 15.9 Å². The molecule has 1 aromatic heterocycles. The highest BCUT2D eigenvalue weighted by Crippen LogP contribution is 2.27. The lowest BCUT2D eigenvalue weighted by atomic mass is 9.98. The highest BCUT2D eigenvalue weighted by atomic mass is 79.9. The SMILES string of the molecule is CCCC1CNC(CC(C)C)CN1Cc1sccc1Br. The molecule has 0 aliphatic carbocycles. The minimum Gasteiger partial charge on any atom is -0.311 e. The van der Waals surface area contributed by atoms with Gasteiger partial charge in [-0.05, 0) is 46.1 Å². The van der Waals surface area contributed by atoms with Gasteiger partial charge in [-0.2, -0.15) is 0 Å². The Kier molecular flexibility index (Phi) is 6.53. The number of rotatable bonds is 6. The van der Waals surface area contributed by atoms with Crippen molar-refractivity contribution in [2.24, 2.45) is 5.92 Å². The summed E-state index contributed by atoms with van der Waals surface area (Å²) in [5.74, 6) is 0.769. The van der Waals surface area contributed by atoms with E-state index in [1.165, 1.54) is 35.2 Å². The van der Waals surface area contributed by atoms with Gasteiger partial charge in [0.25, 0.3) is 0 Å². The maximum atomic E-state index is 3.76. The Morgan fingerprint density at radius 1 is 1.50 bits per heavy atom. The van der Waals surface area contributed by atoms with E-state index in [1.54, 1.807) is 0 Å². The van der Waals surface area contributed by atoms with Crippen LogP contribution in [0.5, 0.6) is 0 Å². The number of halogens is 1.